The number of nitrogens with zero attached hydrogens (tertiary/aromatic N) is 4. The van der Waals surface area contributed by atoms with Crippen molar-refractivity contribution in [3.05, 3.63) is 4.77 Å². The molecule has 1 aromatic heterocycles. The van der Waals surface area contributed by atoms with E-state index in [-0.39, 0.29) is 0 Å². The van der Waals surface area contributed by atoms with Gasteiger partial charge in [0.05, 0.1) is 0 Å². The molecule has 0 bridgehead atoms. The molecule has 6 heteroatoms. The van der Waals surface area contributed by atoms with Gasteiger partial charge in [-0.25, -0.2) is 9.36 Å². The van der Waals surface area contributed by atoms with E-state index in [1.54, 1.807) is 16.4 Å². The van der Waals surface area contributed by atoms with Gasteiger partial charge in [-0.15, -0.1) is 5.10 Å². The molecule has 1 aromatic rings. The summed E-state index contributed by atoms with van der Waals surface area (Å²) in [5.74, 6) is 0. The molecule has 1 rings (SSSR count). The fourth-order valence-electron chi connectivity index (χ4n) is 0.902. The normalized spacial score (nSPS) is 10.3. The van der Waals surface area contributed by atoms with Crippen molar-refractivity contribution in [2.24, 2.45) is 7.05 Å². The SMILES string of the molecule is CSc1nn(C)c(=S)n1N(C)C. The van der Waals surface area contributed by atoms with E-state index >= 15 is 0 Å². The van der Waals surface area contributed by atoms with Crippen molar-refractivity contribution < 1.29 is 0 Å². The maximum atomic E-state index is 5.16. The molecule has 0 aliphatic heterocycles. The second kappa shape index (κ2) is 3.49. The highest BCUT2D eigenvalue weighted by atomic mass is 32.2. The summed E-state index contributed by atoms with van der Waals surface area (Å²) in [6.07, 6.45) is 1.98. The van der Waals surface area contributed by atoms with Gasteiger partial charge in [-0.05, 0) is 18.5 Å². The van der Waals surface area contributed by atoms with Gasteiger partial charge in [-0.1, -0.05) is 11.8 Å². The summed E-state index contributed by atoms with van der Waals surface area (Å²) in [5.41, 5.74) is 0. The van der Waals surface area contributed by atoms with Crippen molar-refractivity contribution in [2.45, 2.75) is 5.16 Å². The maximum Gasteiger partial charge on any atom is 0.217 e. The van der Waals surface area contributed by atoms with Gasteiger partial charge in [0.25, 0.3) is 0 Å². The van der Waals surface area contributed by atoms with Crippen molar-refractivity contribution in [3.63, 3.8) is 0 Å². The summed E-state index contributed by atoms with van der Waals surface area (Å²) >= 11 is 6.75. The van der Waals surface area contributed by atoms with Crippen LogP contribution in [0.4, 0.5) is 0 Å². The third-order valence-electron chi connectivity index (χ3n) is 1.46. The fraction of sp³-hybridized carbons (Fsp3) is 0.667. The van der Waals surface area contributed by atoms with E-state index in [0.29, 0.717) is 4.77 Å². The second-order valence-corrected chi connectivity index (χ2v) is 3.69. The van der Waals surface area contributed by atoms with Gasteiger partial charge in [0.1, 0.15) is 0 Å². The van der Waals surface area contributed by atoms with Gasteiger partial charge in [0.2, 0.25) is 9.93 Å². The molecule has 0 fully saturated rings. The van der Waals surface area contributed by atoms with Crippen molar-refractivity contribution in [2.75, 3.05) is 25.4 Å². The molecule has 0 saturated heterocycles. The van der Waals surface area contributed by atoms with Gasteiger partial charge in [0.15, 0.2) is 0 Å². The number of aryl methyl sites for hydroxylation is 1. The molecule has 0 saturated carbocycles. The Hall–Kier alpha value is -0.490. The lowest BCUT2D eigenvalue weighted by Gasteiger charge is -2.14. The van der Waals surface area contributed by atoms with E-state index in [9.17, 15) is 0 Å². The second-order valence-electron chi connectivity index (χ2n) is 2.55. The summed E-state index contributed by atoms with van der Waals surface area (Å²) in [6, 6.07) is 0. The van der Waals surface area contributed by atoms with Crippen LogP contribution in [0.1, 0.15) is 0 Å². The summed E-state index contributed by atoms with van der Waals surface area (Å²) in [7, 11) is 5.73. The van der Waals surface area contributed by atoms with Gasteiger partial charge in [0, 0.05) is 21.1 Å². The molecule has 0 amide bonds. The zero-order valence-corrected chi connectivity index (χ0v) is 9.24. The van der Waals surface area contributed by atoms with Crippen LogP contribution >= 0.6 is 24.0 Å². The number of hydrogen-bond donors (Lipinski definition) is 0. The number of rotatable bonds is 2. The first-order valence-electron chi connectivity index (χ1n) is 3.45. The first-order chi connectivity index (χ1) is 5.57. The molecule has 0 radical (unpaired) electrons. The van der Waals surface area contributed by atoms with E-state index in [2.05, 4.69) is 5.10 Å². The first kappa shape index (κ1) is 9.60. The third-order valence-corrected chi connectivity index (χ3v) is 2.51. The Kier molecular flexibility index (Phi) is 2.79. The molecular weight excluding hydrogens is 192 g/mol. The van der Waals surface area contributed by atoms with Crippen molar-refractivity contribution in [3.8, 4) is 0 Å². The molecule has 1 heterocycles. The molecule has 0 N–H and O–H groups in total. The monoisotopic (exact) mass is 204 g/mol. The van der Waals surface area contributed by atoms with E-state index < -0.39 is 0 Å². The Morgan fingerprint density at radius 2 is 2.08 bits per heavy atom. The molecule has 12 heavy (non-hydrogen) atoms. The van der Waals surface area contributed by atoms with Crippen LogP contribution in [-0.4, -0.2) is 34.8 Å². The van der Waals surface area contributed by atoms with E-state index in [1.165, 1.54) is 0 Å². The lowest BCUT2D eigenvalue weighted by atomic mass is 11.0. The molecule has 0 aromatic carbocycles. The van der Waals surface area contributed by atoms with E-state index in [1.807, 2.05) is 37.1 Å². The molecular formula is C6H12N4S2. The molecule has 0 aliphatic carbocycles. The highest BCUT2D eigenvalue weighted by Gasteiger charge is 2.07. The predicted molar refractivity (Wildman–Crippen MR) is 53.9 cm³/mol. The minimum absolute atomic E-state index is 0.712. The first-order valence-corrected chi connectivity index (χ1v) is 5.09. The van der Waals surface area contributed by atoms with Crippen LogP contribution < -0.4 is 5.01 Å². The number of hydrogen-bond acceptors (Lipinski definition) is 4. The predicted octanol–water partition coefficient (Wildman–Crippen LogP) is 0.871. The van der Waals surface area contributed by atoms with Crippen molar-refractivity contribution in [1.82, 2.24) is 14.5 Å². The zero-order chi connectivity index (χ0) is 9.30. The average molecular weight is 204 g/mol. The summed E-state index contributed by atoms with van der Waals surface area (Å²) in [6.45, 7) is 0. The Bertz CT molecular complexity index is 325. The summed E-state index contributed by atoms with van der Waals surface area (Å²) < 4.78 is 4.30. The summed E-state index contributed by atoms with van der Waals surface area (Å²) in [5, 5.41) is 7.07. The Balaban J connectivity index is 3.31. The fourth-order valence-corrected chi connectivity index (χ4v) is 1.88. The number of thioether (sulfide) groups is 1. The molecule has 4 nitrogen and oxygen atoms in total. The number of aromatic nitrogens is 3. The van der Waals surface area contributed by atoms with Crippen LogP contribution in [0.3, 0.4) is 0 Å². The van der Waals surface area contributed by atoms with Crippen molar-refractivity contribution >= 4 is 24.0 Å². The average Bonchev–Trinajstić information content (AvgIpc) is 2.28. The molecule has 0 atom stereocenters. The van der Waals surface area contributed by atoms with Gasteiger partial charge >= 0.3 is 0 Å². The third kappa shape index (κ3) is 1.49. The minimum Gasteiger partial charge on any atom is -0.314 e. The van der Waals surface area contributed by atoms with Gasteiger partial charge < -0.3 is 5.01 Å². The molecule has 0 unspecified atom stereocenters. The van der Waals surface area contributed by atoms with Crippen LogP contribution in [0.2, 0.25) is 0 Å². The topological polar surface area (TPSA) is 26.0 Å². The quantitative estimate of drug-likeness (QED) is 0.527. The molecule has 68 valence electrons. The van der Waals surface area contributed by atoms with Crippen LogP contribution in [-0.2, 0) is 7.05 Å². The Morgan fingerprint density at radius 1 is 1.50 bits per heavy atom. The zero-order valence-electron chi connectivity index (χ0n) is 7.61. The summed E-state index contributed by atoms with van der Waals surface area (Å²) in [4.78, 5) is 0. The van der Waals surface area contributed by atoms with Crippen LogP contribution in [0, 0.1) is 4.77 Å². The smallest absolute Gasteiger partial charge is 0.217 e. The molecule has 0 aliphatic rings. The van der Waals surface area contributed by atoms with Crippen LogP contribution in [0.25, 0.3) is 0 Å². The van der Waals surface area contributed by atoms with Crippen LogP contribution in [0.5, 0.6) is 0 Å². The van der Waals surface area contributed by atoms with Gasteiger partial charge in [-0.3, -0.25) is 0 Å². The standard InChI is InChI=1S/C6H12N4S2/c1-8(2)10-5(12-4)7-9(3)6(10)11/h1-4H3. The lowest BCUT2D eigenvalue weighted by molar-refractivity contribution is 0.651. The van der Waals surface area contributed by atoms with E-state index in [0.717, 1.165) is 5.16 Å². The minimum atomic E-state index is 0.712. The highest BCUT2D eigenvalue weighted by molar-refractivity contribution is 7.98. The Morgan fingerprint density at radius 3 is 2.42 bits per heavy atom. The largest absolute Gasteiger partial charge is 0.314 e. The lowest BCUT2D eigenvalue weighted by Crippen LogP contribution is -2.25. The Labute approximate surface area is 81.1 Å². The van der Waals surface area contributed by atoms with Crippen molar-refractivity contribution in [1.29, 1.82) is 0 Å². The van der Waals surface area contributed by atoms with E-state index in [4.69, 9.17) is 12.2 Å². The maximum absolute atomic E-state index is 5.16. The highest BCUT2D eigenvalue weighted by Crippen LogP contribution is 2.11. The molecule has 0 spiro atoms. The van der Waals surface area contributed by atoms with Crippen LogP contribution in [0.15, 0.2) is 5.16 Å². The van der Waals surface area contributed by atoms with Gasteiger partial charge in [-0.2, -0.15) is 0 Å².